The molecule has 0 aliphatic rings. The van der Waals surface area contributed by atoms with Crippen molar-refractivity contribution < 1.29 is 23.9 Å². The van der Waals surface area contributed by atoms with Gasteiger partial charge in [-0.1, -0.05) is 23.7 Å². The number of hydrogen-bond acceptors (Lipinski definition) is 6. The number of carbonyl (C=O) groups excluding carboxylic acids is 3. The topological polar surface area (TPSA) is 95.7 Å². The van der Waals surface area contributed by atoms with Gasteiger partial charge >= 0.3 is 11.9 Å². The van der Waals surface area contributed by atoms with E-state index in [0.29, 0.717) is 5.02 Å². The summed E-state index contributed by atoms with van der Waals surface area (Å²) >= 11 is 10.9. The number of Topliss-reactive ketones (excluding diaryl/α,β-unsaturated/α-hetero) is 1. The standard InChI is InChI=1S/C14H15Cl2NO5/c15-7-13(20)22-14(17)11(18)5-6-12(19)21-8-9-1-3-10(16)4-2-9/h1-4,14H,5-8,17H2. The van der Waals surface area contributed by atoms with E-state index in [4.69, 9.17) is 33.7 Å². The fraction of sp³-hybridized carbons (Fsp3) is 0.357. The average molecular weight is 348 g/mol. The van der Waals surface area contributed by atoms with Crippen LogP contribution in [-0.2, 0) is 30.5 Å². The number of alkyl halides is 1. The third-order valence-corrected chi connectivity index (χ3v) is 3.04. The van der Waals surface area contributed by atoms with E-state index in [2.05, 4.69) is 4.74 Å². The van der Waals surface area contributed by atoms with E-state index >= 15 is 0 Å². The lowest BCUT2D eigenvalue weighted by Gasteiger charge is -2.10. The number of halogens is 2. The Morgan fingerprint density at radius 1 is 1.09 bits per heavy atom. The lowest BCUT2D eigenvalue weighted by molar-refractivity contribution is -0.153. The molecular formula is C14H15Cl2NO5. The van der Waals surface area contributed by atoms with Gasteiger partial charge in [-0.2, -0.15) is 0 Å². The monoisotopic (exact) mass is 347 g/mol. The summed E-state index contributed by atoms with van der Waals surface area (Å²) in [7, 11) is 0. The lowest BCUT2D eigenvalue weighted by atomic mass is 10.2. The van der Waals surface area contributed by atoms with Crippen LogP contribution in [0.5, 0.6) is 0 Å². The molecule has 8 heteroatoms. The number of esters is 2. The van der Waals surface area contributed by atoms with Gasteiger partial charge < -0.3 is 9.47 Å². The molecule has 0 saturated heterocycles. The molecule has 1 unspecified atom stereocenters. The zero-order valence-corrected chi connectivity index (χ0v) is 13.1. The van der Waals surface area contributed by atoms with Crippen LogP contribution in [0.3, 0.4) is 0 Å². The van der Waals surface area contributed by atoms with Crippen LogP contribution in [0.2, 0.25) is 5.02 Å². The Hall–Kier alpha value is -1.63. The third-order valence-electron chi connectivity index (χ3n) is 2.57. The molecule has 0 aromatic heterocycles. The van der Waals surface area contributed by atoms with Crippen molar-refractivity contribution in [3.05, 3.63) is 34.9 Å². The maximum atomic E-state index is 11.5. The highest BCUT2D eigenvalue weighted by Gasteiger charge is 2.19. The van der Waals surface area contributed by atoms with Crippen LogP contribution in [0.15, 0.2) is 24.3 Å². The minimum Gasteiger partial charge on any atom is -0.461 e. The Morgan fingerprint density at radius 2 is 1.73 bits per heavy atom. The predicted molar refractivity (Wildman–Crippen MR) is 80.3 cm³/mol. The summed E-state index contributed by atoms with van der Waals surface area (Å²) < 4.78 is 9.52. The van der Waals surface area contributed by atoms with Gasteiger partial charge in [-0.15, -0.1) is 11.6 Å². The molecule has 1 aromatic rings. The number of nitrogens with two attached hydrogens (primary N) is 1. The van der Waals surface area contributed by atoms with Crippen molar-refractivity contribution in [2.75, 3.05) is 5.88 Å². The summed E-state index contributed by atoms with van der Waals surface area (Å²) in [6.07, 6.45) is -1.76. The number of carbonyl (C=O) groups is 3. The summed E-state index contributed by atoms with van der Waals surface area (Å²) in [5.41, 5.74) is 6.12. The highest BCUT2D eigenvalue weighted by Crippen LogP contribution is 2.10. The van der Waals surface area contributed by atoms with Crippen LogP contribution < -0.4 is 5.73 Å². The average Bonchev–Trinajstić information content (AvgIpc) is 2.51. The highest BCUT2D eigenvalue weighted by atomic mass is 35.5. The highest BCUT2D eigenvalue weighted by molar-refractivity contribution is 6.30. The lowest BCUT2D eigenvalue weighted by Crippen LogP contribution is -2.36. The first-order chi connectivity index (χ1) is 10.4. The molecule has 22 heavy (non-hydrogen) atoms. The van der Waals surface area contributed by atoms with Gasteiger partial charge in [0.25, 0.3) is 0 Å². The van der Waals surface area contributed by atoms with Crippen molar-refractivity contribution in [1.29, 1.82) is 0 Å². The Morgan fingerprint density at radius 3 is 2.32 bits per heavy atom. The second-order valence-corrected chi connectivity index (χ2v) is 5.00. The van der Waals surface area contributed by atoms with Crippen LogP contribution in [0, 0.1) is 0 Å². The molecular weight excluding hydrogens is 333 g/mol. The molecule has 0 saturated carbocycles. The van der Waals surface area contributed by atoms with Crippen molar-refractivity contribution in [2.24, 2.45) is 5.73 Å². The first-order valence-corrected chi connectivity index (χ1v) is 7.27. The van der Waals surface area contributed by atoms with E-state index < -0.39 is 29.8 Å². The Kier molecular flexibility index (Phi) is 7.87. The Bertz CT molecular complexity index is 533. The van der Waals surface area contributed by atoms with E-state index in [-0.39, 0.29) is 19.4 Å². The summed E-state index contributed by atoms with van der Waals surface area (Å²) in [5, 5.41) is 0.584. The molecule has 0 fully saturated rings. The van der Waals surface area contributed by atoms with Crippen LogP contribution in [-0.4, -0.2) is 29.8 Å². The van der Waals surface area contributed by atoms with Gasteiger partial charge in [-0.3, -0.25) is 20.1 Å². The van der Waals surface area contributed by atoms with E-state index in [0.717, 1.165) is 5.56 Å². The van der Waals surface area contributed by atoms with E-state index in [1.54, 1.807) is 24.3 Å². The molecule has 1 atom stereocenters. The van der Waals surface area contributed by atoms with Gasteiger partial charge in [0.1, 0.15) is 12.5 Å². The smallest absolute Gasteiger partial charge is 0.322 e. The summed E-state index contributed by atoms with van der Waals surface area (Å²) in [6, 6.07) is 6.81. The molecule has 0 spiro atoms. The van der Waals surface area contributed by atoms with Crippen LogP contribution in [0.25, 0.3) is 0 Å². The first kappa shape index (κ1) is 18.4. The molecule has 120 valence electrons. The molecule has 1 rings (SSSR count). The van der Waals surface area contributed by atoms with E-state index in [1.165, 1.54) is 0 Å². The molecule has 1 aromatic carbocycles. The van der Waals surface area contributed by atoms with Crippen molar-refractivity contribution in [3.8, 4) is 0 Å². The molecule has 0 aliphatic heterocycles. The van der Waals surface area contributed by atoms with Gasteiger partial charge in [-0.25, -0.2) is 0 Å². The van der Waals surface area contributed by atoms with E-state index in [1.807, 2.05) is 0 Å². The SMILES string of the molecule is NC(OC(=O)CCl)C(=O)CCC(=O)OCc1ccc(Cl)cc1. The second-order valence-electron chi connectivity index (χ2n) is 4.30. The fourth-order valence-electron chi connectivity index (χ4n) is 1.42. The minimum atomic E-state index is -1.42. The Labute approximate surface area is 137 Å². The van der Waals surface area contributed by atoms with Crippen molar-refractivity contribution in [1.82, 2.24) is 0 Å². The largest absolute Gasteiger partial charge is 0.461 e. The van der Waals surface area contributed by atoms with Gasteiger partial charge in [0.2, 0.25) is 6.23 Å². The van der Waals surface area contributed by atoms with Crippen molar-refractivity contribution in [2.45, 2.75) is 25.7 Å². The molecule has 0 radical (unpaired) electrons. The molecule has 0 heterocycles. The van der Waals surface area contributed by atoms with E-state index in [9.17, 15) is 14.4 Å². The summed E-state index contributed by atoms with van der Waals surface area (Å²) in [5.74, 6) is -2.33. The quantitative estimate of drug-likeness (QED) is 0.437. The maximum Gasteiger partial charge on any atom is 0.322 e. The van der Waals surface area contributed by atoms with Crippen molar-refractivity contribution >= 4 is 40.9 Å². The fourth-order valence-corrected chi connectivity index (χ4v) is 1.61. The zero-order chi connectivity index (χ0) is 16.5. The summed E-state index contributed by atoms with van der Waals surface area (Å²) in [4.78, 5) is 33.9. The van der Waals surface area contributed by atoms with Gasteiger partial charge in [0, 0.05) is 11.4 Å². The number of rotatable bonds is 8. The second kappa shape index (κ2) is 9.40. The molecule has 0 bridgehead atoms. The van der Waals surface area contributed by atoms with Crippen LogP contribution in [0.1, 0.15) is 18.4 Å². The molecule has 0 amide bonds. The first-order valence-electron chi connectivity index (χ1n) is 6.36. The summed E-state index contributed by atoms with van der Waals surface area (Å²) in [6.45, 7) is 0.0808. The van der Waals surface area contributed by atoms with Gasteiger partial charge in [0.05, 0.1) is 6.42 Å². The molecule has 0 aliphatic carbocycles. The zero-order valence-electron chi connectivity index (χ0n) is 11.6. The van der Waals surface area contributed by atoms with Crippen molar-refractivity contribution in [3.63, 3.8) is 0 Å². The minimum absolute atomic E-state index is 0.0808. The molecule has 2 N–H and O–H groups in total. The number of ether oxygens (including phenoxy) is 2. The maximum absolute atomic E-state index is 11.5. The Balaban J connectivity index is 2.29. The molecule has 6 nitrogen and oxygen atoms in total. The van der Waals surface area contributed by atoms with Gasteiger partial charge in [-0.05, 0) is 17.7 Å². The van der Waals surface area contributed by atoms with Crippen LogP contribution in [0.4, 0.5) is 0 Å². The third kappa shape index (κ3) is 6.89. The van der Waals surface area contributed by atoms with Crippen LogP contribution >= 0.6 is 23.2 Å². The normalized spacial score (nSPS) is 11.6. The number of benzene rings is 1. The predicted octanol–water partition coefficient (Wildman–Crippen LogP) is 1.80. The van der Waals surface area contributed by atoms with Gasteiger partial charge in [0.15, 0.2) is 5.78 Å². The number of hydrogen-bond donors (Lipinski definition) is 1. The number of ketones is 1.